The molecule has 1 N–H and O–H groups in total. The molecule has 0 aliphatic carbocycles. The number of furan rings is 1. The third-order valence-electron chi connectivity index (χ3n) is 2.01. The molecule has 78 valence electrons. The van der Waals surface area contributed by atoms with Gasteiger partial charge in [0.1, 0.15) is 18.1 Å². The van der Waals surface area contributed by atoms with Crippen molar-refractivity contribution in [2.24, 2.45) is 0 Å². The van der Waals surface area contributed by atoms with E-state index in [0.717, 1.165) is 9.13 Å². The van der Waals surface area contributed by atoms with Gasteiger partial charge in [-0.25, -0.2) is 0 Å². The zero-order valence-corrected chi connectivity index (χ0v) is 10.6. The Morgan fingerprint density at radius 3 is 2.67 bits per heavy atom. The van der Waals surface area contributed by atoms with E-state index in [1.165, 1.54) is 0 Å². The molecule has 0 saturated carbocycles. The number of hydrogen-bond acceptors (Lipinski definition) is 2. The molecule has 0 radical (unpaired) electrons. The van der Waals surface area contributed by atoms with Crippen LogP contribution in [0.1, 0.15) is 5.76 Å². The lowest BCUT2D eigenvalue weighted by molar-refractivity contribution is 0.248. The fourth-order valence-electron chi connectivity index (χ4n) is 1.30. The van der Waals surface area contributed by atoms with Gasteiger partial charge in [0, 0.05) is 9.13 Å². The van der Waals surface area contributed by atoms with E-state index in [0.29, 0.717) is 16.5 Å². The lowest BCUT2D eigenvalue weighted by atomic mass is 10.2. The van der Waals surface area contributed by atoms with E-state index in [2.05, 4.69) is 22.6 Å². The molecular formula is C11H8ClIO2. The third kappa shape index (κ3) is 2.35. The highest BCUT2D eigenvalue weighted by atomic mass is 127. The molecule has 1 heterocycles. The number of hydrogen-bond donors (Lipinski definition) is 1. The molecule has 0 amide bonds. The monoisotopic (exact) mass is 334 g/mol. The quantitative estimate of drug-likeness (QED) is 0.850. The van der Waals surface area contributed by atoms with E-state index in [1.54, 1.807) is 12.1 Å². The number of aliphatic hydroxyl groups is 1. The lowest BCUT2D eigenvalue weighted by Gasteiger charge is -2.01. The molecule has 2 rings (SSSR count). The van der Waals surface area contributed by atoms with Crippen LogP contribution in [-0.2, 0) is 6.61 Å². The van der Waals surface area contributed by atoms with Crippen LogP contribution in [0.25, 0.3) is 11.3 Å². The molecule has 0 bridgehead atoms. The van der Waals surface area contributed by atoms with Crippen LogP contribution in [0.5, 0.6) is 0 Å². The molecule has 15 heavy (non-hydrogen) atoms. The van der Waals surface area contributed by atoms with Crippen molar-refractivity contribution in [1.82, 2.24) is 0 Å². The van der Waals surface area contributed by atoms with Gasteiger partial charge in [-0.1, -0.05) is 11.6 Å². The average Bonchev–Trinajstić information content (AvgIpc) is 2.66. The summed E-state index contributed by atoms with van der Waals surface area (Å²) in [6.07, 6.45) is 0. The number of rotatable bonds is 2. The molecule has 1 aromatic carbocycles. The highest BCUT2D eigenvalue weighted by molar-refractivity contribution is 14.1. The molecule has 0 spiro atoms. The molecule has 4 heteroatoms. The van der Waals surface area contributed by atoms with Crippen LogP contribution in [0.15, 0.2) is 34.7 Å². The number of halogens is 2. The predicted octanol–water partition coefficient (Wildman–Crippen LogP) is 3.70. The largest absolute Gasteiger partial charge is 0.459 e. The molecule has 2 aromatic rings. The van der Waals surface area contributed by atoms with Crippen LogP contribution in [-0.4, -0.2) is 5.11 Å². The Kier molecular flexibility index (Phi) is 3.33. The predicted molar refractivity (Wildman–Crippen MR) is 67.8 cm³/mol. The molecule has 0 saturated heterocycles. The van der Waals surface area contributed by atoms with Crippen LogP contribution in [0.4, 0.5) is 0 Å². The Morgan fingerprint density at radius 1 is 1.27 bits per heavy atom. The van der Waals surface area contributed by atoms with Gasteiger partial charge in [-0.3, -0.25) is 0 Å². The van der Waals surface area contributed by atoms with Gasteiger partial charge in [0.2, 0.25) is 0 Å². The second kappa shape index (κ2) is 4.55. The summed E-state index contributed by atoms with van der Waals surface area (Å²) >= 11 is 8.29. The van der Waals surface area contributed by atoms with E-state index in [1.807, 2.05) is 18.2 Å². The zero-order valence-electron chi connectivity index (χ0n) is 7.71. The maximum absolute atomic E-state index is 8.88. The normalized spacial score (nSPS) is 10.6. The number of aliphatic hydroxyl groups excluding tert-OH is 1. The van der Waals surface area contributed by atoms with E-state index < -0.39 is 0 Å². The van der Waals surface area contributed by atoms with Gasteiger partial charge in [-0.2, -0.15) is 0 Å². The van der Waals surface area contributed by atoms with Crippen molar-refractivity contribution in [1.29, 1.82) is 0 Å². The first-order valence-electron chi connectivity index (χ1n) is 4.35. The SMILES string of the molecule is OCc1ccc(-c2ccc(I)cc2Cl)o1. The Hall–Kier alpha value is -0.520. The minimum absolute atomic E-state index is 0.0953. The van der Waals surface area contributed by atoms with Crippen LogP contribution in [0.2, 0.25) is 5.02 Å². The average molecular weight is 335 g/mol. The van der Waals surface area contributed by atoms with Gasteiger partial charge in [0.15, 0.2) is 0 Å². The van der Waals surface area contributed by atoms with Gasteiger partial charge in [0.25, 0.3) is 0 Å². The molecular weight excluding hydrogens is 326 g/mol. The molecule has 0 unspecified atom stereocenters. The highest BCUT2D eigenvalue weighted by Gasteiger charge is 2.08. The first-order valence-corrected chi connectivity index (χ1v) is 5.81. The standard InChI is InChI=1S/C11H8ClIO2/c12-10-5-7(13)1-3-9(10)11-4-2-8(6-14)15-11/h1-5,14H,6H2. The summed E-state index contributed by atoms with van der Waals surface area (Å²) in [5.41, 5.74) is 0.844. The van der Waals surface area contributed by atoms with Crippen LogP contribution >= 0.6 is 34.2 Å². The molecule has 0 atom stereocenters. The smallest absolute Gasteiger partial charge is 0.135 e. The van der Waals surface area contributed by atoms with E-state index in [-0.39, 0.29) is 6.61 Å². The van der Waals surface area contributed by atoms with Gasteiger partial charge in [-0.05, 0) is 52.9 Å². The number of benzene rings is 1. The van der Waals surface area contributed by atoms with E-state index >= 15 is 0 Å². The first-order chi connectivity index (χ1) is 7.20. The Labute approximate surface area is 106 Å². The Balaban J connectivity index is 2.44. The topological polar surface area (TPSA) is 33.4 Å². The van der Waals surface area contributed by atoms with Crippen molar-refractivity contribution in [2.45, 2.75) is 6.61 Å². The van der Waals surface area contributed by atoms with Crippen molar-refractivity contribution in [3.8, 4) is 11.3 Å². The summed E-state index contributed by atoms with van der Waals surface area (Å²) in [4.78, 5) is 0. The van der Waals surface area contributed by atoms with E-state index in [9.17, 15) is 0 Å². The molecule has 2 nitrogen and oxygen atoms in total. The van der Waals surface area contributed by atoms with Gasteiger partial charge in [-0.15, -0.1) is 0 Å². The fourth-order valence-corrected chi connectivity index (χ4v) is 2.25. The third-order valence-corrected chi connectivity index (χ3v) is 3.00. The summed E-state index contributed by atoms with van der Waals surface area (Å²) in [6, 6.07) is 9.29. The maximum atomic E-state index is 8.88. The minimum Gasteiger partial charge on any atom is -0.459 e. The first kappa shape index (κ1) is 11.0. The van der Waals surface area contributed by atoms with Crippen molar-refractivity contribution in [3.05, 3.63) is 44.7 Å². The van der Waals surface area contributed by atoms with Crippen LogP contribution in [0.3, 0.4) is 0 Å². The summed E-state index contributed by atoms with van der Waals surface area (Å²) in [5, 5.41) is 9.54. The molecule has 1 aromatic heterocycles. The van der Waals surface area contributed by atoms with Crippen molar-refractivity contribution in [2.75, 3.05) is 0 Å². The summed E-state index contributed by atoms with van der Waals surface area (Å²) in [7, 11) is 0. The Bertz CT molecular complexity index is 479. The van der Waals surface area contributed by atoms with Gasteiger partial charge >= 0.3 is 0 Å². The maximum Gasteiger partial charge on any atom is 0.135 e. The fraction of sp³-hybridized carbons (Fsp3) is 0.0909. The summed E-state index contributed by atoms with van der Waals surface area (Å²) in [6.45, 7) is -0.0953. The summed E-state index contributed by atoms with van der Waals surface area (Å²) in [5.74, 6) is 1.22. The molecule has 0 fully saturated rings. The van der Waals surface area contributed by atoms with E-state index in [4.69, 9.17) is 21.1 Å². The van der Waals surface area contributed by atoms with Crippen LogP contribution < -0.4 is 0 Å². The summed E-state index contributed by atoms with van der Waals surface area (Å²) < 4.78 is 6.48. The van der Waals surface area contributed by atoms with Crippen LogP contribution in [0, 0.1) is 3.57 Å². The lowest BCUT2D eigenvalue weighted by Crippen LogP contribution is -1.79. The van der Waals surface area contributed by atoms with Gasteiger partial charge < -0.3 is 9.52 Å². The second-order valence-electron chi connectivity index (χ2n) is 3.05. The van der Waals surface area contributed by atoms with Crippen molar-refractivity contribution < 1.29 is 9.52 Å². The minimum atomic E-state index is -0.0953. The zero-order chi connectivity index (χ0) is 10.8. The van der Waals surface area contributed by atoms with Crippen molar-refractivity contribution in [3.63, 3.8) is 0 Å². The second-order valence-corrected chi connectivity index (χ2v) is 4.70. The Morgan fingerprint density at radius 2 is 2.07 bits per heavy atom. The highest BCUT2D eigenvalue weighted by Crippen LogP contribution is 2.30. The molecule has 0 aliphatic heterocycles. The van der Waals surface area contributed by atoms with Gasteiger partial charge in [0.05, 0.1) is 5.02 Å². The molecule has 0 aliphatic rings. The van der Waals surface area contributed by atoms with Crippen molar-refractivity contribution >= 4 is 34.2 Å².